The van der Waals surface area contributed by atoms with E-state index in [2.05, 4.69) is 180 Å². The van der Waals surface area contributed by atoms with E-state index in [1.807, 2.05) is 29.5 Å². The van der Waals surface area contributed by atoms with Crippen LogP contribution < -0.4 is 0 Å². The number of para-hydroxylation sites is 1. The van der Waals surface area contributed by atoms with Crippen molar-refractivity contribution >= 4 is 53.3 Å². The first kappa shape index (κ1) is 32.2. The fraction of sp³-hybridized carbons (Fsp3) is 0. The molecule has 3 aromatic heterocycles. The summed E-state index contributed by atoms with van der Waals surface area (Å²) in [6.07, 6.45) is 0. The van der Waals surface area contributed by atoms with Crippen molar-refractivity contribution in [1.29, 1.82) is 0 Å². The van der Waals surface area contributed by atoms with Crippen molar-refractivity contribution in [2.75, 3.05) is 0 Å². The lowest BCUT2D eigenvalue weighted by Crippen LogP contribution is -2.01. The molecule has 0 atom stereocenters. The number of hydrogen-bond acceptors (Lipinski definition) is 4. The molecule has 4 nitrogen and oxygen atoms in total. The predicted molar refractivity (Wildman–Crippen MR) is 234 cm³/mol. The molecular weight excluding hydrogens is 701 g/mol. The Morgan fingerprint density at radius 2 is 0.821 bits per heavy atom. The molecule has 0 aliphatic heterocycles. The molecule has 3 heterocycles. The van der Waals surface area contributed by atoms with Crippen LogP contribution in [0.1, 0.15) is 0 Å². The highest BCUT2D eigenvalue weighted by atomic mass is 32.1. The van der Waals surface area contributed by atoms with E-state index in [1.54, 1.807) is 0 Å². The zero-order valence-corrected chi connectivity index (χ0v) is 31.0. The first-order valence-corrected chi connectivity index (χ1v) is 19.6. The molecule has 262 valence electrons. The van der Waals surface area contributed by atoms with Crippen LogP contribution in [-0.4, -0.2) is 19.5 Å². The van der Waals surface area contributed by atoms with Crippen LogP contribution in [0.2, 0.25) is 0 Å². The van der Waals surface area contributed by atoms with Crippen LogP contribution >= 0.6 is 11.3 Å². The van der Waals surface area contributed by atoms with Crippen molar-refractivity contribution < 1.29 is 0 Å². The number of nitrogens with zero attached hydrogens (tertiary/aromatic N) is 4. The maximum absolute atomic E-state index is 5.27. The van der Waals surface area contributed by atoms with E-state index in [-0.39, 0.29) is 0 Å². The van der Waals surface area contributed by atoms with Crippen LogP contribution in [0.5, 0.6) is 0 Å². The molecule has 0 fully saturated rings. The third-order valence-electron chi connectivity index (χ3n) is 10.6. The van der Waals surface area contributed by atoms with Crippen molar-refractivity contribution in [2.24, 2.45) is 0 Å². The van der Waals surface area contributed by atoms with E-state index in [9.17, 15) is 0 Å². The predicted octanol–water partition coefficient (Wildman–Crippen LogP) is 13.7. The molecule has 0 radical (unpaired) electrons. The Bertz CT molecular complexity index is 3180. The Morgan fingerprint density at radius 3 is 1.52 bits per heavy atom. The fourth-order valence-corrected chi connectivity index (χ4v) is 9.03. The van der Waals surface area contributed by atoms with Gasteiger partial charge in [0.2, 0.25) is 0 Å². The second kappa shape index (κ2) is 13.3. The smallest absolute Gasteiger partial charge is 0.164 e. The minimum atomic E-state index is 0.623. The third-order valence-corrected chi connectivity index (χ3v) is 11.8. The van der Waals surface area contributed by atoms with Crippen LogP contribution in [0.25, 0.3) is 104 Å². The Morgan fingerprint density at radius 1 is 0.304 bits per heavy atom. The molecule has 0 saturated carbocycles. The minimum Gasteiger partial charge on any atom is -0.309 e. The summed E-state index contributed by atoms with van der Waals surface area (Å²) < 4.78 is 4.97. The van der Waals surface area contributed by atoms with Gasteiger partial charge < -0.3 is 4.57 Å². The van der Waals surface area contributed by atoms with Gasteiger partial charge in [-0.25, -0.2) is 15.0 Å². The molecule has 0 aliphatic carbocycles. The summed E-state index contributed by atoms with van der Waals surface area (Å²) >= 11 is 1.84. The van der Waals surface area contributed by atoms with Gasteiger partial charge in [-0.3, -0.25) is 0 Å². The van der Waals surface area contributed by atoms with E-state index >= 15 is 0 Å². The fourth-order valence-electron chi connectivity index (χ4n) is 7.94. The van der Waals surface area contributed by atoms with Crippen LogP contribution in [0, 0.1) is 0 Å². The number of rotatable bonds is 6. The second-order valence-corrected chi connectivity index (χ2v) is 15.2. The standard InChI is InChI=1S/C51H32N4S/c1-4-14-33(15-5-1)37-28-38(34-16-6-2-7-17-34)30-39(29-37)51-53-49(35-18-8-3-9-19-35)52-50(54-51)36-24-26-42-41-20-10-12-22-45(41)55(46(42)31-36)40-25-27-48-44(32-40)43-21-11-13-23-47(43)56-48/h1-32H. The summed E-state index contributed by atoms with van der Waals surface area (Å²) in [6, 6.07) is 68.6. The average Bonchev–Trinajstić information content (AvgIpc) is 3.82. The van der Waals surface area contributed by atoms with Crippen molar-refractivity contribution in [3.8, 4) is 62.1 Å². The van der Waals surface area contributed by atoms with Gasteiger partial charge in [-0.05, 0) is 76.9 Å². The number of fused-ring (bicyclic) bond motifs is 6. The van der Waals surface area contributed by atoms with Crippen molar-refractivity contribution in [1.82, 2.24) is 19.5 Å². The first-order valence-electron chi connectivity index (χ1n) is 18.8. The molecule has 0 saturated heterocycles. The van der Waals surface area contributed by atoms with E-state index in [4.69, 9.17) is 15.0 Å². The number of benzene rings is 8. The quantitative estimate of drug-likeness (QED) is 0.171. The largest absolute Gasteiger partial charge is 0.309 e. The zero-order valence-electron chi connectivity index (χ0n) is 30.2. The van der Waals surface area contributed by atoms with Gasteiger partial charge in [0.1, 0.15) is 0 Å². The zero-order chi connectivity index (χ0) is 37.0. The Kier molecular flexibility index (Phi) is 7.64. The molecule has 11 rings (SSSR count). The van der Waals surface area contributed by atoms with E-state index in [0.29, 0.717) is 17.5 Å². The Balaban J connectivity index is 1.13. The Labute approximate surface area is 327 Å². The summed E-state index contributed by atoms with van der Waals surface area (Å²) in [5, 5.41) is 4.94. The normalized spacial score (nSPS) is 11.6. The minimum absolute atomic E-state index is 0.623. The molecule has 0 amide bonds. The molecule has 0 N–H and O–H groups in total. The van der Waals surface area contributed by atoms with Crippen LogP contribution in [-0.2, 0) is 0 Å². The van der Waals surface area contributed by atoms with Gasteiger partial charge >= 0.3 is 0 Å². The maximum atomic E-state index is 5.27. The lowest BCUT2D eigenvalue weighted by molar-refractivity contribution is 1.07. The molecule has 0 spiro atoms. The van der Waals surface area contributed by atoms with Gasteiger partial charge in [0, 0.05) is 53.3 Å². The van der Waals surface area contributed by atoms with Gasteiger partial charge in [-0.1, -0.05) is 140 Å². The highest BCUT2D eigenvalue weighted by Crippen LogP contribution is 2.39. The summed E-state index contributed by atoms with van der Waals surface area (Å²) in [5.74, 6) is 1.88. The monoisotopic (exact) mass is 732 g/mol. The number of aromatic nitrogens is 4. The summed E-state index contributed by atoms with van der Waals surface area (Å²) in [6.45, 7) is 0. The maximum Gasteiger partial charge on any atom is 0.164 e. The van der Waals surface area contributed by atoms with Crippen LogP contribution in [0.15, 0.2) is 194 Å². The lowest BCUT2D eigenvalue weighted by atomic mass is 9.96. The topological polar surface area (TPSA) is 43.6 Å². The summed E-state index contributed by atoms with van der Waals surface area (Å²) in [7, 11) is 0. The molecule has 0 aliphatic rings. The van der Waals surface area contributed by atoms with Crippen molar-refractivity contribution in [3.05, 3.63) is 194 Å². The summed E-state index contributed by atoms with van der Waals surface area (Å²) in [4.78, 5) is 15.6. The third kappa shape index (κ3) is 5.56. The molecule has 56 heavy (non-hydrogen) atoms. The van der Waals surface area contributed by atoms with Crippen LogP contribution in [0.3, 0.4) is 0 Å². The Hall–Kier alpha value is -7.21. The molecule has 0 unspecified atom stereocenters. The molecule has 8 aromatic carbocycles. The van der Waals surface area contributed by atoms with E-state index in [0.717, 1.165) is 55.7 Å². The van der Waals surface area contributed by atoms with E-state index in [1.165, 1.54) is 30.9 Å². The first-order chi connectivity index (χ1) is 27.7. The number of thiophene rings is 1. The van der Waals surface area contributed by atoms with Gasteiger partial charge in [-0.2, -0.15) is 0 Å². The van der Waals surface area contributed by atoms with Gasteiger partial charge in [0.25, 0.3) is 0 Å². The second-order valence-electron chi connectivity index (χ2n) is 14.1. The average molecular weight is 733 g/mol. The van der Waals surface area contributed by atoms with Gasteiger partial charge in [0.05, 0.1) is 11.0 Å². The van der Waals surface area contributed by atoms with Gasteiger partial charge in [-0.15, -0.1) is 11.3 Å². The molecule has 11 aromatic rings. The highest BCUT2D eigenvalue weighted by Gasteiger charge is 2.18. The highest BCUT2D eigenvalue weighted by molar-refractivity contribution is 7.25. The SMILES string of the molecule is c1ccc(-c2cc(-c3ccccc3)cc(-c3nc(-c4ccccc4)nc(-c4ccc5c6ccccc6n(-c6ccc7sc8ccccc8c7c6)c5c4)n3)c2)cc1. The lowest BCUT2D eigenvalue weighted by Gasteiger charge is -2.13. The van der Waals surface area contributed by atoms with Crippen molar-refractivity contribution in [2.45, 2.75) is 0 Å². The number of hydrogen-bond donors (Lipinski definition) is 0. The summed E-state index contributed by atoms with van der Waals surface area (Å²) in [5.41, 5.74) is 10.6. The van der Waals surface area contributed by atoms with E-state index < -0.39 is 0 Å². The molecule has 0 bridgehead atoms. The van der Waals surface area contributed by atoms with Gasteiger partial charge in [0.15, 0.2) is 17.5 Å². The van der Waals surface area contributed by atoms with Crippen molar-refractivity contribution in [3.63, 3.8) is 0 Å². The molecule has 5 heteroatoms. The van der Waals surface area contributed by atoms with Crippen LogP contribution in [0.4, 0.5) is 0 Å². The molecular formula is C51H32N4S.